The normalized spacial score (nSPS) is 43.8. The minimum absolute atomic E-state index is 0.00409. The second-order valence-corrected chi connectivity index (χ2v) is 24.3. The average molecular weight is 1050 g/mol. The molecule has 4 N–H and O–H groups in total. The first-order valence-electron chi connectivity index (χ1n) is 28.0. The summed E-state index contributed by atoms with van der Waals surface area (Å²) in [5.41, 5.74) is 1.23. The van der Waals surface area contributed by atoms with Crippen LogP contribution in [-0.2, 0) is 66.7 Å². The van der Waals surface area contributed by atoms with E-state index < -0.39 is 77.6 Å². The van der Waals surface area contributed by atoms with E-state index in [1.807, 2.05) is 0 Å². The Kier molecular flexibility index (Phi) is 14.7. The summed E-state index contributed by atoms with van der Waals surface area (Å²) in [5.74, 6) is -2.68. The lowest BCUT2D eigenvalue weighted by Crippen LogP contribution is -2.78. The number of hydrogen-bond donors (Lipinski definition) is 4. The molecule has 9 saturated heterocycles. The number of aliphatic hydroxyl groups is 1. The maximum atomic E-state index is 14.5. The van der Waals surface area contributed by atoms with Crippen molar-refractivity contribution >= 4 is 35.3 Å². The van der Waals surface area contributed by atoms with Gasteiger partial charge in [-0.3, -0.25) is 33.7 Å². The number of aliphatic hydroxyl groups excluding tert-OH is 1. The van der Waals surface area contributed by atoms with E-state index in [-0.39, 0.29) is 135 Å². The second-order valence-electron chi connectivity index (χ2n) is 24.3. The molecule has 11 bridgehead atoms. The summed E-state index contributed by atoms with van der Waals surface area (Å²) >= 11 is 0. The van der Waals surface area contributed by atoms with Crippen LogP contribution in [0.15, 0.2) is 36.5 Å². The summed E-state index contributed by atoms with van der Waals surface area (Å²) in [5, 5.41) is 19.6. The summed E-state index contributed by atoms with van der Waals surface area (Å²) in [6, 6.07) is -2.04. The van der Waals surface area contributed by atoms with Crippen LogP contribution in [0.4, 0.5) is 0 Å². The molecule has 10 heterocycles. The Balaban J connectivity index is 0.750. The molecule has 5 amide bonds. The van der Waals surface area contributed by atoms with E-state index >= 15 is 0 Å². The van der Waals surface area contributed by atoms with Crippen molar-refractivity contribution < 1.29 is 71.8 Å². The standard InChI is InChI=1S/C56H78N4O15/c1-26(2)47(59-43(63)15-17-60-44(64)12-13-45(60)65)54(67)58-30(6)53(66)57-25-32(62)22-41-48(68-7)36-21-31(61)20-34-9-11-38-51(71-34)56-50-46-42(74-52(56)49(46)73-38)24-55(50,75-56)16-14-35-19-28(4)37(69-35)10-8-33-18-27(3)29(5)39(70-33)23-40(36)72-41/h12-13,26-27,30,32-42,46-52,62H,4-5,8-11,14-25H2,1-3,6-7H3,(H,57,66)(H,58,67)(H,59,63)/t27-,30-,32+,33+,34-,35+,36+,37+,38+,39-,40+,41-,42-,46+,47+,48-,49?,50?,51+,52-,55+,56+/m1/s1. The lowest BCUT2D eigenvalue weighted by atomic mass is 9.64. The van der Waals surface area contributed by atoms with E-state index in [4.69, 9.17) is 37.9 Å². The Labute approximate surface area is 439 Å². The lowest BCUT2D eigenvalue weighted by molar-refractivity contribution is -0.394. The molecule has 0 radical (unpaired) electrons. The molecule has 11 fully saturated rings. The van der Waals surface area contributed by atoms with Crippen LogP contribution in [0.1, 0.15) is 118 Å². The van der Waals surface area contributed by atoms with Gasteiger partial charge in [-0.05, 0) is 81.3 Å². The van der Waals surface area contributed by atoms with E-state index in [1.165, 1.54) is 6.92 Å². The molecule has 10 aliphatic heterocycles. The zero-order chi connectivity index (χ0) is 52.8. The first kappa shape index (κ1) is 53.1. The average Bonchev–Trinajstić information content (AvgIpc) is 4.25. The van der Waals surface area contributed by atoms with E-state index in [0.29, 0.717) is 12.8 Å². The van der Waals surface area contributed by atoms with Crippen molar-refractivity contribution in [2.24, 2.45) is 29.6 Å². The summed E-state index contributed by atoms with van der Waals surface area (Å²) in [6.45, 7) is 15.8. The van der Waals surface area contributed by atoms with Crippen LogP contribution < -0.4 is 16.0 Å². The van der Waals surface area contributed by atoms with Crippen LogP contribution in [0.2, 0.25) is 0 Å². The highest BCUT2D eigenvalue weighted by Gasteiger charge is 2.90. The minimum Gasteiger partial charge on any atom is -0.391 e. The third-order valence-electron chi connectivity index (χ3n) is 19.2. The predicted molar refractivity (Wildman–Crippen MR) is 266 cm³/mol. The van der Waals surface area contributed by atoms with Crippen LogP contribution >= 0.6 is 0 Å². The summed E-state index contributed by atoms with van der Waals surface area (Å²) in [7, 11) is 1.59. The van der Waals surface area contributed by atoms with Gasteiger partial charge in [-0.2, -0.15) is 0 Å². The molecule has 2 aliphatic carbocycles. The SMILES string of the molecule is C=C1C[C@@H]2CC[C@@]34C[C@H]5O[C@@H]6C7O[C@H]8CC[C@H](CC(=O)C[C@@H]9[C@@H](OC)[C@@H](C[C@H](O)CNC(=O)[C@@H](C)NC(=O)[C@@H](NC(=O)CCN%10C(=O)C=CC%10=O)C(C)C)O[C@H]9C[C@H]9O[C@@H](CC[C@@H]1O2)C[C@@H](C)C9=C)O[C@@H]8[C@@]6(O3)C4[C@H]75. The predicted octanol–water partition coefficient (Wildman–Crippen LogP) is 2.83. The van der Waals surface area contributed by atoms with E-state index in [1.54, 1.807) is 21.0 Å². The van der Waals surface area contributed by atoms with Crippen LogP contribution in [0, 0.1) is 29.6 Å². The number of amides is 5. The van der Waals surface area contributed by atoms with Crippen LogP contribution in [0.5, 0.6) is 0 Å². The monoisotopic (exact) mass is 1050 g/mol. The number of nitrogens with zero attached hydrogens (tertiary/aromatic N) is 1. The number of carbonyl (C=O) groups is 6. The van der Waals surface area contributed by atoms with Crippen molar-refractivity contribution in [3.63, 3.8) is 0 Å². The molecule has 0 aromatic rings. The number of carbonyl (C=O) groups excluding carboxylic acids is 6. The third-order valence-corrected chi connectivity index (χ3v) is 19.2. The van der Waals surface area contributed by atoms with Gasteiger partial charge in [0.05, 0.1) is 78.8 Å². The van der Waals surface area contributed by atoms with Crippen LogP contribution in [-0.4, -0.2) is 174 Å². The maximum Gasteiger partial charge on any atom is 0.253 e. The summed E-state index contributed by atoms with van der Waals surface area (Å²) < 4.78 is 54.7. The van der Waals surface area contributed by atoms with Crippen LogP contribution in [0.3, 0.4) is 0 Å². The van der Waals surface area contributed by atoms with Crippen molar-refractivity contribution in [1.29, 1.82) is 0 Å². The minimum atomic E-state index is -1.09. The van der Waals surface area contributed by atoms with Gasteiger partial charge < -0.3 is 59.0 Å². The molecule has 22 atom stereocenters. The fourth-order valence-corrected chi connectivity index (χ4v) is 15.6. The van der Waals surface area contributed by atoms with E-state index in [2.05, 4.69) is 36.0 Å². The number of ketones is 1. The number of hydrogen-bond acceptors (Lipinski definition) is 15. The Morgan fingerprint density at radius 1 is 0.827 bits per heavy atom. The van der Waals surface area contributed by atoms with Gasteiger partial charge in [-0.25, -0.2) is 0 Å². The zero-order valence-corrected chi connectivity index (χ0v) is 44.1. The first-order valence-corrected chi connectivity index (χ1v) is 28.0. The fraction of sp³-hybridized carbons (Fsp3) is 0.786. The molecule has 12 rings (SSSR count). The Morgan fingerprint density at radius 3 is 2.33 bits per heavy atom. The molecule has 19 nitrogen and oxygen atoms in total. The number of ether oxygens (including phenoxy) is 8. The quantitative estimate of drug-likeness (QED) is 0.153. The van der Waals surface area contributed by atoms with Crippen LogP contribution in [0.25, 0.3) is 0 Å². The largest absolute Gasteiger partial charge is 0.391 e. The number of nitrogens with one attached hydrogen (secondary N) is 3. The Bertz CT molecular complexity index is 2330. The Morgan fingerprint density at radius 2 is 1.57 bits per heavy atom. The molecule has 2 spiro atoms. The number of imide groups is 1. The van der Waals surface area contributed by atoms with Crippen molar-refractivity contribution in [2.45, 2.75) is 226 Å². The summed E-state index contributed by atoms with van der Waals surface area (Å²) in [4.78, 5) is 78.8. The van der Waals surface area contributed by atoms with Gasteiger partial charge in [-0.15, -0.1) is 0 Å². The second kappa shape index (κ2) is 20.7. The number of fused-ring (bicyclic) bond motifs is 4. The molecular formula is C56H78N4O15. The van der Waals surface area contributed by atoms with E-state index in [9.17, 15) is 33.9 Å². The third kappa shape index (κ3) is 9.59. The van der Waals surface area contributed by atoms with Gasteiger partial charge >= 0.3 is 0 Å². The zero-order valence-electron chi connectivity index (χ0n) is 44.1. The van der Waals surface area contributed by atoms with Gasteiger partial charge in [0.25, 0.3) is 11.8 Å². The molecule has 0 aromatic carbocycles. The highest BCUT2D eigenvalue weighted by molar-refractivity contribution is 6.13. The molecule has 12 aliphatic rings. The molecule has 412 valence electrons. The van der Waals surface area contributed by atoms with Gasteiger partial charge in [0.2, 0.25) is 17.7 Å². The topological polar surface area (TPSA) is 236 Å². The number of rotatable bonds is 13. The first-order chi connectivity index (χ1) is 35.9. The maximum absolute atomic E-state index is 14.5. The molecular weight excluding hydrogens is 969 g/mol. The molecule has 19 heteroatoms. The van der Waals surface area contributed by atoms with Gasteiger partial charge in [-0.1, -0.05) is 33.9 Å². The highest BCUT2D eigenvalue weighted by atomic mass is 16.7. The number of methoxy groups -OCH3 is 1. The summed E-state index contributed by atoms with van der Waals surface area (Å²) in [6.07, 6.45) is 6.34. The van der Waals surface area contributed by atoms with Crippen molar-refractivity contribution in [3.8, 4) is 0 Å². The number of Topliss-reactive ketones (excluding diaryl/α,β-unsaturated/α-hetero) is 1. The van der Waals surface area contributed by atoms with Crippen molar-refractivity contribution in [2.75, 3.05) is 20.2 Å². The van der Waals surface area contributed by atoms with Gasteiger partial charge in [0.1, 0.15) is 35.7 Å². The molecule has 0 aromatic heterocycles. The Hall–Kier alpha value is -3.92. The van der Waals surface area contributed by atoms with Gasteiger partial charge in [0, 0.05) is 88.6 Å². The molecule has 75 heavy (non-hydrogen) atoms. The highest BCUT2D eigenvalue weighted by Crippen LogP contribution is 2.77. The van der Waals surface area contributed by atoms with Crippen molar-refractivity contribution in [3.05, 3.63) is 36.5 Å². The molecule has 2 unspecified atom stereocenters. The van der Waals surface area contributed by atoms with Crippen molar-refractivity contribution in [1.82, 2.24) is 20.9 Å². The van der Waals surface area contributed by atoms with Gasteiger partial charge in [0.15, 0.2) is 0 Å². The molecule has 2 saturated carbocycles. The lowest BCUT2D eigenvalue weighted by Gasteiger charge is -2.64. The fourth-order valence-electron chi connectivity index (χ4n) is 15.6. The smallest absolute Gasteiger partial charge is 0.253 e. The van der Waals surface area contributed by atoms with E-state index in [0.717, 1.165) is 79.6 Å².